The Bertz CT molecular complexity index is 1140. The Morgan fingerprint density at radius 1 is 1.03 bits per heavy atom. The molecule has 2 amide bonds. The molecule has 1 fully saturated rings. The number of nitrogens with zero attached hydrogens (tertiary/aromatic N) is 1. The highest BCUT2D eigenvalue weighted by molar-refractivity contribution is 8.00. The molecular weight excluding hydrogens is 471 g/mol. The second-order valence-electron chi connectivity index (χ2n) is 7.85. The van der Waals surface area contributed by atoms with Crippen molar-refractivity contribution in [1.82, 2.24) is 4.98 Å². The number of thioether (sulfide) groups is 1. The van der Waals surface area contributed by atoms with Crippen molar-refractivity contribution in [2.75, 3.05) is 16.4 Å². The lowest BCUT2D eigenvalue weighted by Gasteiger charge is -2.20. The van der Waals surface area contributed by atoms with Gasteiger partial charge in [0.1, 0.15) is 0 Å². The Morgan fingerprint density at radius 3 is 2.45 bits per heavy atom. The van der Waals surface area contributed by atoms with E-state index < -0.39 is 17.6 Å². The Labute approximate surface area is 197 Å². The lowest BCUT2D eigenvalue weighted by Crippen LogP contribution is -2.17. The molecule has 4 rings (SSSR count). The molecule has 10 heteroatoms. The van der Waals surface area contributed by atoms with Crippen molar-refractivity contribution in [3.05, 3.63) is 53.6 Å². The van der Waals surface area contributed by atoms with Gasteiger partial charge in [0.05, 0.1) is 21.5 Å². The smallest absolute Gasteiger partial charge is 0.325 e. The van der Waals surface area contributed by atoms with E-state index in [1.54, 1.807) is 30.0 Å². The molecule has 0 atom stereocenters. The van der Waals surface area contributed by atoms with Gasteiger partial charge in [0.2, 0.25) is 5.91 Å². The second kappa shape index (κ2) is 10.1. The fraction of sp³-hybridized carbons (Fsp3) is 0.348. The number of thiazole rings is 1. The van der Waals surface area contributed by atoms with Gasteiger partial charge in [-0.3, -0.25) is 14.9 Å². The number of aromatic nitrogens is 1. The second-order valence-corrected chi connectivity index (χ2v) is 10.2. The van der Waals surface area contributed by atoms with Gasteiger partial charge in [0.15, 0.2) is 5.13 Å². The number of amides is 2. The Morgan fingerprint density at radius 2 is 1.76 bits per heavy atom. The van der Waals surface area contributed by atoms with Crippen molar-refractivity contribution in [3.8, 4) is 0 Å². The fourth-order valence-electron chi connectivity index (χ4n) is 3.66. The summed E-state index contributed by atoms with van der Waals surface area (Å²) in [5.74, 6) is -0.180. The summed E-state index contributed by atoms with van der Waals surface area (Å²) in [4.78, 5) is 29.0. The summed E-state index contributed by atoms with van der Waals surface area (Å²) in [5.41, 5.74) is 0.592. The number of carbonyl (C=O) groups is 2. The zero-order valence-electron chi connectivity index (χ0n) is 17.6. The molecule has 1 aromatic heterocycles. The van der Waals surface area contributed by atoms with Crippen molar-refractivity contribution in [2.24, 2.45) is 0 Å². The first kappa shape index (κ1) is 23.6. The molecule has 0 radical (unpaired) electrons. The minimum atomic E-state index is -4.45. The van der Waals surface area contributed by atoms with Crippen molar-refractivity contribution in [2.45, 2.75) is 43.5 Å². The van der Waals surface area contributed by atoms with E-state index in [1.807, 2.05) is 0 Å². The lowest BCUT2D eigenvalue weighted by molar-refractivity contribution is -0.137. The third kappa shape index (κ3) is 6.26. The third-order valence-electron chi connectivity index (χ3n) is 5.37. The van der Waals surface area contributed by atoms with Crippen molar-refractivity contribution in [3.63, 3.8) is 0 Å². The van der Waals surface area contributed by atoms with E-state index in [0.717, 1.165) is 29.0 Å². The first-order chi connectivity index (χ1) is 15.8. The molecule has 1 aliphatic rings. The molecule has 0 saturated heterocycles. The van der Waals surface area contributed by atoms with Crippen LogP contribution in [-0.2, 0) is 11.0 Å². The molecular formula is C23H22F3N3O2S2. The fourth-order valence-corrected chi connectivity index (χ4v) is 5.68. The Kier molecular flexibility index (Phi) is 7.23. The van der Waals surface area contributed by atoms with Crippen LogP contribution in [0.1, 0.15) is 48.0 Å². The summed E-state index contributed by atoms with van der Waals surface area (Å²) in [6.45, 7) is 0. The number of benzene rings is 2. The average molecular weight is 494 g/mol. The van der Waals surface area contributed by atoms with Gasteiger partial charge in [0, 0.05) is 16.5 Å². The van der Waals surface area contributed by atoms with Crippen LogP contribution in [-0.4, -0.2) is 27.8 Å². The molecule has 174 valence electrons. The summed E-state index contributed by atoms with van der Waals surface area (Å²) >= 11 is 2.93. The summed E-state index contributed by atoms with van der Waals surface area (Å²) < 4.78 is 38.8. The quantitative estimate of drug-likeness (QED) is 0.407. The lowest BCUT2D eigenvalue weighted by atomic mass is 10.0. The number of alkyl halides is 3. The number of anilines is 2. The number of halogens is 3. The van der Waals surface area contributed by atoms with Gasteiger partial charge >= 0.3 is 6.18 Å². The predicted octanol–water partition coefficient (Wildman–Crippen LogP) is 6.57. The van der Waals surface area contributed by atoms with Gasteiger partial charge in [-0.1, -0.05) is 30.6 Å². The monoisotopic (exact) mass is 493 g/mol. The zero-order valence-corrected chi connectivity index (χ0v) is 19.2. The molecule has 2 N–H and O–H groups in total. The molecule has 0 spiro atoms. The minimum Gasteiger partial charge on any atom is -0.325 e. The summed E-state index contributed by atoms with van der Waals surface area (Å²) in [6.07, 6.45) is 1.64. The van der Waals surface area contributed by atoms with Gasteiger partial charge in [-0.15, -0.1) is 11.8 Å². The maximum atomic E-state index is 12.7. The summed E-state index contributed by atoms with van der Waals surface area (Å²) in [5, 5.41) is 6.41. The van der Waals surface area contributed by atoms with Crippen LogP contribution >= 0.6 is 23.1 Å². The average Bonchev–Trinajstić information content (AvgIpc) is 3.19. The molecule has 1 heterocycles. The first-order valence-corrected chi connectivity index (χ1v) is 12.4. The minimum absolute atomic E-state index is 0.0507. The molecule has 1 aliphatic carbocycles. The molecule has 2 aromatic carbocycles. The topological polar surface area (TPSA) is 71.1 Å². The van der Waals surface area contributed by atoms with Crippen LogP contribution in [0.5, 0.6) is 0 Å². The number of rotatable bonds is 6. The number of fused-ring (bicyclic) bond motifs is 1. The summed E-state index contributed by atoms with van der Waals surface area (Å²) in [7, 11) is 0. The van der Waals surface area contributed by atoms with Crippen LogP contribution < -0.4 is 10.6 Å². The Hall–Kier alpha value is -2.59. The van der Waals surface area contributed by atoms with Crippen LogP contribution in [0, 0.1) is 0 Å². The van der Waals surface area contributed by atoms with Gasteiger partial charge in [-0.25, -0.2) is 4.98 Å². The van der Waals surface area contributed by atoms with Crippen LogP contribution in [0.15, 0.2) is 42.5 Å². The molecule has 0 bridgehead atoms. The van der Waals surface area contributed by atoms with Gasteiger partial charge in [-0.2, -0.15) is 13.2 Å². The normalized spacial score (nSPS) is 14.9. The summed E-state index contributed by atoms with van der Waals surface area (Å²) in [6, 6.07) is 9.30. The van der Waals surface area contributed by atoms with Crippen LogP contribution in [0.3, 0.4) is 0 Å². The van der Waals surface area contributed by atoms with Gasteiger partial charge in [0.25, 0.3) is 5.91 Å². The number of hydrogen-bond donors (Lipinski definition) is 2. The van der Waals surface area contributed by atoms with Crippen LogP contribution in [0.4, 0.5) is 24.0 Å². The molecule has 0 aliphatic heterocycles. The third-order valence-corrected chi connectivity index (χ3v) is 7.67. The van der Waals surface area contributed by atoms with Crippen molar-refractivity contribution < 1.29 is 22.8 Å². The zero-order chi connectivity index (χ0) is 23.4. The number of hydrogen-bond acceptors (Lipinski definition) is 5. The van der Waals surface area contributed by atoms with Gasteiger partial charge < -0.3 is 5.32 Å². The number of carbonyl (C=O) groups excluding carboxylic acids is 2. The standard InChI is InChI=1S/C23H22F3N3O2S2/c24-23(25,26)15-8-6-14(7-9-15)21(31)29-22-28-18-11-10-16(12-19(18)33-22)27-20(30)13-32-17-4-2-1-3-5-17/h6-12,17H,1-5,13H2,(H,27,30)(H,28,29,31). The van der Waals surface area contributed by atoms with E-state index in [9.17, 15) is 22.8 Å². The largest absolute Gasteiger partial charge is 0.416 e. The van der Waals surface area contributed by atoms with E-state index in [2.05, 4.69) is 15.6 Å². The Balaban J connectivity index is 1.36. The molecule has 0 unspecified atom stereocenters. The van der Waals surface area contributed by atoms with E-state index in [0.29, 0.717) is 27.3 Å². The van der Waals surface area contributed by atoms with Crippen LogP contribution in [0.2, 0.25) is 0 Å². The van der Waals surface area contributed by atoms with Crippen molar-refractivity contribution >= 4 is 55.9 Å². The highest BCUT2D eigenvalue weighted by Gasteiger charge is 2.30. The highest BCUT2D eigenvalue weighted by atomic mass is 32.2. The van der Waals surface area contributed by atoms with Gasteiger partial charge in [-0.05, 0) is 55.3 Å². The van der Waals surface area contributed by atoms with E-state index >= 15 is 0 Å². The first-order valence-electron chi connectivity index (χ1n) is 10.6. The molecule has 3 aromatic rings. The van der Waals surface area contributed by atoms with Crippen LogP contribution in [0.25, 0.3) is 10.2 Å². The predicted molar refractivity (Wildman–Crippen MR) is 127 cm³/mol. The maximum absolute atomic E-state index is 12.7. The van der Waals surface area contributed by atoms with E-state index in [1.165, 1.54) is 43.4 Å². The highest BCUT2D eigenvalue weighted by Crippen LogP contribution is 2.31. The van der Waals surface area contributed by atoms with Crippen molar-refractivity contribution in [1.29, 1.82) is 0 Å². The molecule has 1 saturated carbocycles. The maximum Gasteiger partial charge on any atom is 0.416 e. The molecule has 33 heavy (non-hydrogen) atoms. The SMILES string of the molecule is O=C(CSC1CCCCC1)Nc1ccc2nc(NC(=O)c3ccc(C(F)(F)F)cc3)sc2c1. The molecule has 5 nitrogen and oxygen atoms in total. The van der Waals surface area contributed by atoms with E-state index in [-0.39, 0.29) is 11.5 Å². The number of nitrogens with one attached hydrogen (secondary N) is 2. The van der Waals surface area contributed by atoms with E-state index in [4.69, 9.17) is 0 Å².